The molecule has 3 rings (SSSR count). The predicted octanol–water partition coefficient (Wildman–Crippen LogP) is 1.37. The number of sulfone groups is 1. The Balaban J connectivity index is 1.68. The Hall–Kier alpha value is -3.51. The van der Waals surface area contributed by atoms with Gasteiger partial charge in [0.1, 0.15) is 11.6 Å². The van der Waals surface area contributed by atoms with Crippen LogP contribution in [0.2, 0.25) is 0 Å². The molecule has 0 atom stereocenters. The number of nitrogens with zero attached hydrogens (tertiary/aromatic N) is 3. The van der Waals surface area contributed by atoms with E-state index >= 15 is 0 Å². The average molecular weight is 410 g/mol. The van der Waals surface area contributed by atoms with Crippen LogP contribution in [0.3, 0.4) is 0 Å². The third-order valence-electron chi connectivity index (χ3n) is 4.29. The molecule has 9 heteroatoms. The highest BCUT2D eigenvalue weighted by atomic mass is 32.2. The summed E-state index contributed by atoms with van der Waals surface area (Å²) in [6.45, 7) is -0.0225. The van der Waals surface area contributed by atoms with Gasteiger partial charge in [-0.25, -0.2) is 13.4 Å². The maximum atomic E-state index is 12.4. The molecule has 29 heavy (non-hydrogen) atoms. The molecule has 0 aliphatic carbocycles. The highest BCUT2D eigenvalue weighted by Gasteiger charge is 2.21. The molecular weight excluding hydrogens is 392 g/mol. The minimum atomic E-state index is -3.70. The van der Waals surface area contributed by atoms with Crippen LogP contribution in [-0.2, 0) is 26.9 Å². The number of amides is 1. The quantitative estimate of drug-likeness (QED) is 0.654. The monoisotopic (exact) mass is 410 g/mol. The number of hydrogen-bond donors (Lipinski definition) is 1. The van der Waals surface area contributed by atoms with Gasteiger partial charge in [0.05, 0.1) is 34.8 Å². The van der Waals surface area contributed by atoms with Crippen molar-refractivity contribution in [3.63, 3.8) is 0 Å². The molecule has 1 N–H and O–H groups in total. The Morgan fingerprint density at radius 2 is 1.86 bits per heavy atom. The molecule has 0 fully saturated rings. The van der Waals surface area contributed by atoms with Gasteiger partial charge >= 0.3 is 0 Å². The Kier molecular flexibility index (Phi) is 5.75. The van der Waals surface area contributed by atoms with Crippen molar-refractivity contribution in [3.8, 4) is 6.07 Å². The zero-order valence-electron chi connectivity index (χ0n) is 15.6. The highest BCUT2D eigenvalue weighted by molar-refractivity contribution is 7.91. The summed E-state index contributed by atoms with van der Waals surface area (Å²) in [5.74, 6) is -1.30. The molecule has 0 unspecified atom stereocenters. The lowest BCUT2D eigenvalue weighted by Crippen LogP contribution is -2.33. The summed E-state index contributed by atoms with van der Waals surface area (Å²) in [5.41, 5.74) is 1.11. The minimum Gasteiger partial charge on any atom is -0.337 e. The molecule has 148 valence electrons. The average Bonchev–Trinajstić information content (AvgIpc) is 2.68. The molecule has 0 radical (unpaired) electrons. The zero-order valence-corrected chi connectivity index (χ0v) is 16.4. The fourth-order valence-corrected chi connectivity index (χ4v) is 4.20. The van der Waals surface area contributed by atoms with E-state index in [2.05, 4.69) is 9.97 Å². The second kappa shape index (κ2) is 8.24. The lowest BCUT2D eigenvalue weighted by molar-refractivity contribution is -0.127. The van der Waals surface area contributed by atoms with Gasteiger partial charge in [-0.05, 0) is 29.8 Å². The number of carbonyl (C=O) groups excluding carboxylic acids is 1. The van der Waals surface area contributed by atoms with Crippen LogP contribution in [0.15, 0.2) is 53.3 Å². The van der Waals surface area contributed by atoms with Gasteiger partial charge in [-0.2, -0.15) is 5.26 Å². The van der Waals surface area contributed by atoms with Crippen LogP contribution < -0.4 is 5.56 Å². The molecular formula is C20H18N4O4S. The molecule has 1 amide bonds. The van der Waals surface area contributed by atoms with Crippen molar-refractivity contribution in [2.45, 2.75) is 12.3 Å². The van der Waals surface area contributed by atoms with E-state index in [1.54, 1.807) is 36.4 Å². The van der Waals surface area contributed by atoms with Crippen molar-refractivity contribution in [2.24, 2.45) is 0 Å². The van der Waals surface area contributed by atoms with Gasteiger partial charge in [0, 0.05) is 7.05 Å². The van der Waals surface area contributed by atoms with Crippen LogP contribution >= 0.6 is 0 Å². The Morgan fingerprint density at radius 1 is 1.17 bits per heavy atom. The first-order chi connectivity index (χ1) is 13.8. The second-order valence-electron chi connectivity index (χ2n) is 6.62. The van der Waals surface area contributed by atoms with Gasteiger partial charge in [-0.1, -0.05) is 24.3 Å². The third kappa shape index (κ3) is 5.06. The fraction of sp³-hybridized carbons (Fsp3) is 0.200. The number of aromatic amines is 1. The van der Waals surface area contributed by atoms with E-state index in [9.17, 15) is 18.0 Å². The van der Waals surface area contributed by atoms with Gasteiger partial charge in [0.2, 0.25) is 5.91 Å². The standard InChI is InChI=1S/C20H18N4O4S/c1-24(11-18-22-17-5-3-2-4-16(17)20(26)23-18)19(25)13-29(27,28)12-15-8-6-14(10-21)7-9-15/h2-9H,11-13H2,1H3,(H,22,23,26). The number of rotatable bonds is 6. The molecule has 0 saturated heterocycles. The van der Waals surface area contributed by atoms with Gasteiger partial charge in [0.25, 0.3) is 5.56 Å². The van der Waals surface area contributed by atoms with E-state index in [1.165, 1.54) is 24.1 Å². The van der Waals surface area contributed by atoms with Crippen molar-refractivity contribution < 1.29 is 13.2 Å². The predicted molar refractivity (Wildman–Crippen MR) is 107 cm³/mol. The molecule has 1 aromatic heterocycles. The molecule has 0 bridgehead atoms. The summed E-state index contributed by atoms with van der Waals surface area (Å²) in [6.07, 6.45) is 0. The van der Waals surface area contributed by atoms with E-state index in [-0.39, 0.29) is 23.7 Å². The minimum absolute atomic E-state index is 0.0225. The summed E-state index contributed by atoms with van der Waals surface area (Å²) in [6, 6.07) is 14.9. The third-order valence-corrected chi connectivity index (χ3v) is 5.75. The highest BCUT2D eigenvalue weighted by Crippen LogP contribution is 2.10. The van der Waals surface area contributed by atoms with Gasteiger partial charge < -0.3 is 9.88 Å². The van der Waals surface area contributed by atoms with E-state index in [4.69, 9.17) is 5.26 Å². The molecule has 3 aromatic rings. The van der Waals surface area contributed by atoms with Crippen molar-refractivity contribution >= 4 is 26.6 Å². The number of hydrogen-bond acceptors (Lipinski definition) is 6. The second-order valence-corrected chi connectivity index (χ2v) is 8.69. The molecule has 0 spiro atoms. The summed E-state index contributed by atoms with van der Waals surface area (Å²) >= 11 is 0. The van der Waals surface area contributed by atoms with Crippen molar-refractivity contribution in [3.05, 3.63) is 75.8 Å². The van der Waals surface area contributed by atoms with E-state index < -0.39 is 21.5 Å². The fourth-order valence-electron chi connectivity index (χ4n) is 2.80. The molecule has 0 saturated carbocycles. The first-order valence-corrected chi connectivity index (χ1v) is 10.5. The van der Waals surface area contributed by atoms with E-state index in [0.29, 0.717) is 22.0 Å². The Bertz CT molecular complexity index is 1260. The number of nitrogens with one attached hydrogen (secondary N) is 1. The number of nitriles is 1. The first-order valence-electron chi connectivity index (χ1n) is 8.69. The van der Waals surface area contributed by atoms with Crippen LogP contribution in [-0.4, -0.2) is 42.0 Å². The van der Waals surface area contributed by atoms with Crippen molar-refractivity contribution in [1.82, 2.24) is 14.9 Å². The summed E-state index contributed by atoms with van der Waals surface area (Å²) in [7, 11) is -2.25. The Labute approximate surface area is 167 Å². The van der Waals surface area contributed by atoms with Crippen LogP contribution in [0.5, 0.6) is 0 Å². The molecule has 2 aromatic carbocycles. The molecule has 1 heterocycles. The van der Waals surface area contributed by atoms with Crippen LogP contribution in [0, 0.1) is 11.3 Å². The molecule has 0 aliphatic rings. The van der Waals surface area contributed by atoms with E-state index in [0.717, 1.165) is 0 Å². The SMILES string of the molecule is CN(Cc1nc2ccccc2c(=O)[nH]1)C(=O)CS(=O)(=O)Cc1ccc(C#N)cc1. The zero-order chi connectivity index (χ0) is 21.0. The van der Waals surface area contributed by atoms with E-state index in [1.807, 2.05) is 6.07 Å². The van der Waals surface area contributed by atoms with Gasteiger partial charge in [-0.15, -0.1) is 0 Å². The molecule has 8 nitrogen and oxygen atoms in total. The lowest BCUT2D eigenvalue weighted by atomic mass is 10.2. The maximum Gasteiger partial charge on any atom is 0.258 e. The summed E-state index contributed by atoms with van der Waals surface area (Å²) in [5, 5.41) is 9.23. The number of para-hydroxylation sites is 1. The lowest BCUT2D eigenvalue weighted by Gasteiger charge is -2.17. The number of fused-ring (bicyclic) bond motifs is 1. The number of carbonyl (C=O) groups is 1. The summed E-state index contributed by atoms with van der Waals surface area (Å²) in [4.78, 5) is 32.6. The summed E-state index contributed by atoms with van der Waals surface area (Å²) < 4.78 is 24.7. The van der Waals surface area contributed by atoms with Gasteiger partial charge in [0.15, 0.2) is 9.84 Å². The largest absolute Gasteiger partial charge is 0.337 e. The normalized spacial score (nSPS) is 11.2. The van der Waals surface area contributed by atoms with Crippen LogP contribution in [0.1, 0.15) is 17.0 Å². The van der Waals surface area contributed by atoms with Crippen molar-refractivity contribution in [2.75, 3.05) is 12.8 Å². The molecule has 0 aliphatic heterocycles. The smallest absolute Gasteiger partial charge is 0.258 e. The number of H-pyrrole nitrogens is 1. The van der Waals surface area contributed by atoms with Crippen LogP contribution in [0.4, 0.5) is 0 Å². The van der Waals surface area contributed by atoms with Crippen LogP contribution in [0.25, 0.3) is 10.9 Å². The number of benzene rings is 2. The Morgan fingerprint density at radius 3 is 2.55 bits per heavy atom. The first kappa shape index (κ1) is 20.2. The van der Waals surface area contributed by atoms with Crippen molar-refractivity contribution in [1.29, 1.82) is 5.26 Å². The number of aromatic nitrogens is 2. The maximum absolute atomic E-state index is 12.4. The topological polar surface area (TPSA) is 124 Å². The van der Waals surface area contributed by atoms with Gasteiger partial charge in [-0.3, -0.25) is 9.59 Å².